The number of carbonyl (C=O) groups is 1. The molecule has 0 fully saturated rings. The Kier molecular flexibility index (Phi) is 3.05. The van der Waals surface area contributed by atoms with E-state index in [1.165, 1.54) is 12.1 Å². The summed E-state index contributed by atoms with van der Waals surface area (Å²) in [6.07, 6.45) is 0. The Hall–Kier alpha value is -2.36. The van der Waals surface area contributed by atoms with Crippen LogP contribution in [-0.2, 0) is 0 Å². The molecule has 0 radical (unpaired) electrons. The van der Waals surface area contributed by atoms with E-state index in [0.29, 0.717) is 5.69 Å². The highest BCUT2D eigenvalue weighted by molar-refractivity contribution is 5.88. The maximum atomic E-state index is 13.4. The van der Waals surface area contributed by atoms with Crippen molar-refractivity contribution in [2.24, 2.45) is 0 Å². The first-order chi connectivity index (χ1) is 8.16. The van der Waals surface area contributed by atoms with Crippen molar-refractivity contribution in [1.29, 1.82) is 0 Å². The molecule has 0 atom stereocenters. The van der Waals surface area contributed by atoms with Gasteiger partial charge in [0.15, 0.2) is 0 Å². The Morgan fingerprint density at radius 1 is 1.06 bits per heavy atom. The van der Waals surface area contributed by atoms with Gasteiger partial charge in [-0.3, -0.25) is 0 Å². The van der Waals surface area contributed by atoms with Crippen LogP contribution < -0.4 is 5.32 Å². The number of hydrogen-bond acceptors (Lipinski definition) is 2. The minimum Gasteiger partial charge on any atom is -0.478 e. The lowest BCUT2D eigenvalue weighted by Gasteiger charge is -2.07. The van der Waals surface area contributed by atoms with E-state index in [4.69, 9.17) is 5.11 Å². The number of anilines is 2. The second-order valence-corrected chi connectivity index (χ2v) is 3.49. The standard InChI is InChI=1S/C13H10FNO2/c14-12-8-10(6-7-11(12)13(16)17)15-9-4-2-1-3-5-9/h1-8,15H,(H,16,17). The van der Waals surface area contributed by atoms with Crippen molar-refractivity contribution >= 4 is 17.3 Å². The van der Waals surface area contributed by atoms with Gasteiger partial charge >= 0.3 is 5.97 Å². The first-order valence-corrected chi connectivity index (χ1v) is 5.02. The molecule has 0 aromatic heterocycles. The van der Waals surface area contributed by atoms with E-state index in [1.54, 1.807) is 0 Å². The van der Waals surface area contributed by atoms with Crippen LogP contribution in [0.25, 0.3) is 0 Å². The molecule has 0 saturated carbocycles. The molecular weight excluding hydrogens is 221 g/mol. The van der Waals surface area contributed by atoms with Gasteiger partial charge in [0.2, 0.25) is 0 Å². The summed E-state index contributed by atoms with van der Waals surface area (Å²) >= 11 is 0. The predicted octanol–water partition coefficient (Wildman–Crippen LogP) is 3.27. The fourth-order valence-electron chi connectivity index (χ4n) is 1.45. The molecule has 0 saturated heterocycles. The molecule has 0 heterocycles. The lowest BCUT2D eigenvalue weighted by Crippen LogP contribution is -2.01. The number of rotatable bonds is 3. The third-order valence-electron chi connectivity index (χ3n) is 2.26. The molecule has 0 aliphatic heterocycles. The third kappa shape index (κ3) is 2.60. The summed E-state index contributed by atoms with van der Waals surface area (Å²) in [5.74, 6) is -2.02. The Morgan fingerprint density at radius 3 is 2.35 bits per heavy atom. The Bertz CT molecular complexity index is 540. The lowest BCUT2D eigenvalue weighted by atomic mass is 10.2. The molecule has 3 nitrogen and oxygen atoms in total. The largest absolute Gasteiger partial charge is 0.478 e. The van der Waals surface area contributed by atoms with Crippen molar-refractivity contribution in [2.45, 2.75) is 0 Å². The van der Waals surface area contributed by atoms with Crippen molar-refractivity contribution in [3.63, 3.8) is 0 Å². The molecule has 0 bridgehead atoms. The average Bonchev–Trinajstić information content (AvgIpc) is 2.30. The van der Waals surface area contributed by atoms with Crippen LogP contribution in [0, 0.1) is 5.82 Å². The highest BCUT2D eigenvalue weighted by Gasteiger charge is 2.10. The maximum Gasteiger partial charge on any atom is 0.338 e. The van der Waals surface area contributed by atoms with Crippen molar-refractivity contribution in [1.82, 2.24) is 0 Å². The zero-order valence-corrected chi connectivity index (χ0v) is 8.85. The maximum absolute atomic E-state index is 13.4. The normalized spacial score (nSPS) is 9.94. The first-order valence-electron chi connectivity index (χ1n) is 5.02. The SMILES string of the molecule is O=C(O)c1ccc(Nc2ccccc2)cc1F. The van der Waals surface area contributed by atoms with E-state index in [2.05, 4.69) is 5.32 Å². The van der Waals surface area contributed by atoms with Gasteiger partial charge < -0.3 is 10.4 Å². The summed E-state index contributed by atoms with van der Waals surface area (Å²) < 4.78 is 13.4. The Balaban J connectivity index is 2.24. The van der Waals surface area contributed by atoms with E-state index in [1.807, 2.05) is 30.3 Å². The average molecular weight is 231 g/mol. The van der Waals surface area contributed by atoms with E-state index in [-0.39, 0.29) is 5.56 Å². The number of benzene rings is 2. The fourth-order valence-corrected chi connectivity index (χ4v) is 1.45. The molecule has 0 aliphatic rings. The summed E-state index contributed by atoms with van der Waals surface area (Å²) in [6, 6.07) is 13.2. The van der Waals surface area contributed by atoms with Crippen LogP contribution in [0.5, 0.6) is 0 Å². The van der Waals surface area contributed by atoms with Crippen LogP contribution in [0.2, 0.25) is 0 Å². The molecule has 2 aromatic rings. The fraction of sp³-hybridized carbons (Fsp3) is 0. The highest BCUT2D eigenvalue weighted by Crippen LogP contribution is 2.19. The topological polar surface area (TPSA) is 49.3 Å². The molecule has 0 unspecified atom stereocenters. The number of para-hydroxylation sites is 1. The van der Waals surface area contributed by atoms with Gasteiger partial charge in [0, 0.05) is 11.4 Å². The molecule has 0 amide bonds. The van der Waals surface area contributed by atoms with Gasteiger partial charge in [-0.1, -0.05) is 18.2 Å². The summed E-state index contributed by atoms with van der Waals surface area (Å²) in [5, 5.41) is 11.7. The minimum atomic E-state index is -1.27. The van der Waals surface area contributed by atoms with Crippen LogP contribution >= 0.6 is 0 Å². The molecular formula is C13H10FNO2. The van der Waals surface area contributed by atoms with Crippen molar-refractivity contribution in [2.75, 3.05) is 5.32 Å². The number of aromatic carboxylic acids is 1. The van der Waals surface area contributed by atoms with Crippen molar-refractivity contribution in [3.05, 3.63) is 59.9 Å². The molecule has 0 aliphatic carbocycles. The number of carboxylic acids is 1. The van der Waals surface area contributed by atoms with Gasteiger partial charge in [-0.05, 0) is 30.3 Å². The van der Waals surface area contributed by atoms with Gasteiger partial charge in [-0.25, -0.2) is 9.18 Å². The van der Waals surface area contributed by atoms with Crippen LogP contribution in [-0.4, -0.2) is 11.1 Å². The summed E-state index contributed by atoms with van der Waals surface area (Å²) in [5.41, 5.74) is 0.997. The van der Waals surface area contributed by atoms with Crippen LogP contribution in [0.15, 0.2) is 48.5 Å². The van der Waals surface area contributed by atoms with Gasteiger partial charge in [-0.2, -0.15) is 0 Å². The van der Waals surface area contributed by atoms with E-state index < -0.39 is 11.8 Å². The number of nitrogens with one attached hydrogen (secondary N) is 1. The monoisotopic (exact) mass is 231 g/mol. The van der Waals surface area contributed by atoms with Gasteiger partial charge in [0.1, 0.15) is 5.82 Å². The van der Waals surface area contributed by atoms with Gasteiger partial charge in [-0.15, -0.1) is 0 Å². The number of hydrogen-bond donors (Lipinski definition) is 2. The molecule has 2 N–H and O–H groups in total. The van der Waals surface area contributed by atoms with E-state index in [9.17, 15) is 9.18 Å². The second kappa shape index (κ2) is 4.65. The first kappa shape index (κ1) is 11.1. The van der Waals surface area contributed by atoms with Gasteiger partial charge in [0.25, 0.3) is 0 Å². The molecule has 86 valence electrons. The number of carboxylic acid groups (broad SMARTS) is 1. The smallest absolute Gasteiger partial charge is 0.338 e. The third-order valence-corrected chi connectivity index (χ3v) is 2.26. The summed E-state index contributed by atoms with van der Waals surface area (Å²) in [4.78, 5) is 10.6. The zero-order valence-electron chi connectivity index (χ0n) is 8.85. The molecule has 2 rings (SSSR count). The lowest BCUT2D eigenvalue weighted by molar-refractivity contribution is 0.0692. The van der Waals surface area contributed by atoms with Crippen molar-refractivity contribution < 1.29 is 14.3 Å². The van der Waals surface area contributed by atoms with E-state index in [0.717, 1.165) is 11.8 Å². The molecule has 17 heavy (non-hydrogen) atoms. The predicted molar refractivity (Wildman–Crippen MR) is 63.1 cm³/mol. The quantitative estimate of drug-likeness (QED) is 0.852. The van der Waals surface area contributed by atoms with Gasteiger partial charge in [0.05, 0.1) is 5.56 Å². The van der Waals surface area contributed by atoms with Crippen LogP contribution in [0.4, 0.5) is 15.8 Å². The van der Waals surface area contributed by atoms with Crippen molar-refractivity contribution in [3.8, 4) is 0 Å². The minimum absolute atomic E-state index is 0.330. The summed E-state index contributed by atoms with van der Waals surface area (Å²) in [6.45, 7) is 0. The second-order valence-electron chi connectivity index (χ2n) is 3.49. The molecule has 0 spiro atoms. The summed E-state index contributed by atoms with van der Waals surface area (Å²) in [7, 11) is 0. The van der Waals surface area contributed by atoms with Crippen LogP contribution in [0.1, 0.15) is 10.4 Å². The Morgan fingerprint density at radius 2 is 1.76 bits per heavy atom. The molecule has 4 heteroatoms. The number of halogens is 1. The Labute approximate surface area is 97.5 Å². The highest BCUT2D eigenvalue weighted by atomic mass is 19.1. The zero-order chi connectivity index (χ0) is 12.3. The van der Waals surface area contributed by atoms with E-state index >= 15 is 0 Å². The van der Waals surface area contributed by atoms with Crippen LogP contribution in [0.3, 0.4) is 0 Å². The molecule has 2 aromatic carbocycles.